The third-order valence-electron chi connectivity index (χ3n) is 1.81. The van der Waals surface area contributed by atoms with Crippen molar-refractivity contribution in [1.29, 1.82) is 0 Å². The van der Waals surface area contributed by atoms with Crippen LogP contribution in [0.5, 0.6) is 0 Å². The van der Waals surface area contributed by atoms with E-state index in [2.05, 4.69) is 0 Å². The first-order valence-corrected chi connectivity index (χ1v) is 5.21. The largest absolute Gasteiger partial charge is 0.652 e. The molecule has 3 heterocycles. The van der Waals surface area contributed by atoms with Crippen molar-refractivity contribution in [1.82, 2.24) is 0 Å². The number of hydrogen-bond donors (Lipinski definition) is 0. The Morgan fingerprint density at radius 1 is 1.00 bits per heavy atom. The fourth-order valence-electron chi connectivity index (χ4n) is 1.24. The number of benzene rings is 1. The summed E-state index contributed by atoms with van der Waals surface area (Å²) in [5, 5.41) is 0. The molecule has 1 aromatic rings. The minimum Gasteiger partial charge on any atom is -0.377 e. The Morgan fingerprint density at radius 2 is 1.69 bits per heavy atom. The molecule has 0 saturated carbocycles. The van der Waals surface area contributed by atoms with Crippen molar-refractivity contribution >= 4 is 13.6 Å². The summed E-state index contributed by atoms with van der Waals surface area (Å²) >= 11 is 0. The highest BCUT2D eigenvalue weighted by Crippen LogP contribution is 2.71. The predicted octanol–water partition coefficient (Wildman–Crippen LogP) is 2.50. The topological polar surface area (TPSA) is 44.8 Å². The van der Waals surface area contributed by atoms with E-state index in [-0.39, 0.29) is 5.95 Å². The highest BCUT2D eigenvalue weighted by molar-refractivity contribution is 7.51. The Balaban J connectivity index is 2.06. The van der Waals surface area contributed by atoms with E-state index in [9.17, 15) is 4.57 Å². The zero-order valence-electron chi connectivity index (χ0n) is 6.47. The summed E-state index contributed by atoms with van der Waals surface area (Å²) in [4.78, 5) is 0. The highest BCUT2D eigenvalue weighted by Gasteiger charge is 2.56. The van der Waals surface area contributed by atoms with E-state index >= 15 is 0 Å². The first kappa shape index (κ1) is 7.04. The molecule has 13 heavy (non-hydrogen) atoms. The zero-order chi connectivity index (χ0) is 8.89. The molecule has 0 aliphatic carbocycles. The van der Waals surface area contributed by atoms with Gasteiger partial charge < -0.3 is 13.6 Å². The van der Waals surface area contributed by atoms with Crippen LogP contribution in [0.4, 0.5) is 0 Å². The molecule has 0 atom stereocenters. The number of hydrogen-bond acceptors (Lipinski definition) is 4. The van der Waals surface area contributed by atoms with E-state index < -0.39 is 7.82 Å². The molecule has 0 unspecified atom stereocenters. The number of fused-ring (bicyclic) bond motifs is 1. The van der Waals surface area contributed by atoms with E-state index in [4.69, 9.17) is 13.6 Å². The van der Waals surface area contributed by atoms with Gasteiger partial charge in [-0.15, -0.1) is 0 Å². The molecule has 4 rings (SSSR count). The number of phosphoric acid groups is 1. The van der Waals surface area contributed by atoms with E-state index in [0.717, 1.165) is 5.56 Å². The second-order valence-electron chi connectivity index (χ2n) is 2.70. The lowest BCUT2D eigenvalue weighted by Gasteiger charge is -2.15. The molecular weight excluding hydrogens is 191 g/mol. The minimum atomic E-state index is -3.20. The summed E-state index contributed by atoms with van der Waals surface area (Å²) in [5.41, 5.74) is 0.813. The summed E-state index contributed by atoms with van der Waals surface area (Å²) in [6, 6.07) is 9.28. The molecule has 4 nitrogen and oxygen atoms in total. The highest BCUT2D eigenvalue weighted by atomic mass is 31.2. The molecular formula is C8H5O4P. The summed E-state index contributed by atoms with van der Waals surface area (Å²) < 4.78 is 25.7. The maximum Gasteiger partial charge on any atom is 0.652 e. The van der Waals surface area contributed by atoms with Crippen LogP contribution in [0.15, 0.2) is 36.3 Å². The quantitative estimate of drug-likeness (QED) is 0.647. The molecule has 66 valence electrons. The fourth-order valence-corrected chi connectivity index (χ4v) is 2.30. The van der Waals surface area contributed by atoms with Gasteiger partial charge in [-0.05, 0) is 0 Å². The van der Waals surface area contributed by atoms with Gasteiger partial charge in [0.1, 0.15) is 0 Å². The summed E-state index contributed by atoms with van der Waals surface area (Å²) in [6.45, 7) is 0. The van der Waals surface area contributed by atoms with Crippen LogP contribution in [0.1, 0.15) is 5.56 Å². The van der Waals surface area contributed by atoms with Crippen molar-refractivity contribution in [3.63, 3.8) is 0 Å². The van der Waals surface area contributed by atoms with E-state index in [1.165, 1.54) is 0 Å². The molecule has 1 saturated heterocycles. The van der Waals surface area contributed by atoms with Gasteiger partial charge in [0.05, 0.1) is 0 Å². The van der Waals surface area contributed by atoms with Gasteiger partial charge in [-0.1, -0.05) is 30.3 Å². The Labute approximate surface area is 74.4 Å². The molecule has 0 amide bonds. The molecule has 0 radical (unpaired) electrons. The van der Waals surface area contributed by atoms with Gasteiger partial charge >= 0.3 is 13.8 Å². The smallest absolute Gasteiger partial charge is 0.377 e. The average Bonchev–Trinajstić information content (AvgIpc) is 2.59. The molecule has 3 aliphatic rings. The molecule has 1 fully saturated rings. The molecule has 5 heteroatoms. The first-order valence-electron chi connectivity index (χ1n) is 3.75. The van der Waals surface area contributed by atoms with Crippen LogP contribution >= 0.6 is 7.82 Å². The third kappa shape index (κ3) is 0.892. The minimum absolute atomic E-state index is 0.231. The zero-order valence-corrected chi connectivity index (χ0v) is 7.36. The van der Waals surface area contributed by atoms with Crippen molar-refractivity contribution in [3.05, 3.63) is 41.8 Å². The van der Waals surface area contributed by atoms with Crippen LogP contribution < -0.4 is 0 Å². The third-order valence-corrected chi connectivity index (χ3v) is 3.00. The molecule has 0 N–H and O–H groups in total. The maximum absolute atomic E-state index is 11.2. The molecule has 1 aromatic carbocycles. The van der Waals surface area contributed by atoms with Crippen LogP contribution in [0, 0.1) is 0 Å². The Hall–Kier alpha value is -1.41. The SMILES string of the molecule is O=P12OC(=C(c3ccccc3)O1)O2. The first-order chi connectivity index (χ1) is 6.27. The molecule has 2 bridgehead atoms. The monoisotopic (exact) mass is 196 g/mol. The average molecular weight is 196 g/mol. The Kier molecular flexibility index (Phi) is 1.13. The Morgan fingerprint density at radius 3 is 2.23 bits per heavy atom. The molecule has 0 aromatic heterocycles. The van der Waals surface area contributed by atoms with Crippen molar-refractivity contribution < 1.29 is 18.1 Å². The predicted molar refractivity (Wildman–Crippen MR) is 44.2 cm³/mol. The normalized spacial score (nSPS) is 21.2. The number of phosphoric ester groups is 1. The van der Waals surface area contributed by atoms with Crippen LogP contribution in [0.3, 0.4) is 0 Å². The van der Waals surface area contributed by atoms with Gasteiger partial charge in [-0.3, -0.25) is 0 Å². The van der Waals surface area contributed by atoms with Gasteiger partial charge in [-0.2, -0.15) is 4.57 Å². The van der Waals surface area contributed by atoms with Gasteiger partial charge in [0.2, 0.25) is 5.76 Å². The maximum atomic E-state index is 11.2. The van der Waals surface area contributed by atoms with Gasteiger partial charge in [0.25, 0.3) is 0 Å². The molecule has 0 spiro atoms. The van der Waals surface area contributed by atoms with Crippen molar-refractivity contribution in [3.8, 4) is 0 Å². The van der Waals surface area contributed by atoms with E-state index in [1.54, 1.807) is 0 Å². The van der Waals surface area contributed by atoms with Crippen molar-refractivity contribution in [2.24, 2.45) is 0 Å². The Bertz CT molecular complexity index is 425. The standard InChI is InChI=1S/C8H5O4P/c9-13-10-7(8(11-13)12-13)6-4-2-1-3-5-6/h1-5H. The van der Waals surface area contributed by atoms with Gasteiger partial charge in [-0.25, -0.2) is 0 Å². The molecule has 3 aliphatic heterocycles. The van der Waals surface area contributed by atoms with Crippen LogP contribution in [-0.2, 0) is 18.1 Å². The van der Waals surface area contributed by atoms with Gasteiger partial charge in [0.15, 0.2) is 0 Å². The second-order valence-corrected chi connectivity index (χ2v) is 4.15. The van der Waals surface area contributed by atoms with E-state index in [1.807, 2.05) is 30.3 Å². The summed E-state index contributed by atoms with van der Waals surface area (Å²) in [7, 11) is -3.20. The van der Waals surface area contributed by atoms with Crippen LogP contribution in [0.25, 0.3) is 5.76 Å². The second kappa shape index (κ2) is 2.09. The van der Waals surface area contributed by atoms with Crippen LogP contribution in [-0.4, -0.2) is 0 Å². The number of rotatable bonds is 1. The lowest BCUT2D eigenvalue weighted by molar-refractivity contribution is 0.0985. The lowest BCUT2D eigenvalue weighted by atomic mass is 10.2. The lowest BCUT2D eigenvalue weighted by Crippen LogP contribution is -1.99. The van der Waals surface area contributed by atoms with Gasteiger partial charge in [0, 0.05) is 5.56 Å². The van der Waals surface area contributed by atoms with Crippen molar-refractivity contribution in [2.45, 2.75) is 0 Å². The van der Waals surface area contributed by atoms with E-state index in [0.29, 0.717) is 5.76 Å². The summed E-state index contributed by atoms with van der Waals surface area (Å²) in [5.74, 6) is 0.665. The fraction of sp³-hybridized carbons (Fsp3) is 0. The summed E-state index contributed by atoms with van der Waals surface area (Å²) in [6.07, 6.45) is 0. The van der Waals surface area contributed by atoms with Crippen LogP contribution in [0.2, 0.25) is 0 Å². The van der Waals surface area contributed by atoms with Crippen molar-refractivity contribution in [2.75, 3.05) is 0 Å².